The molecule has 0 bridgehead atoms. The van der Waals surface area contributed by atoms with E-state index in [1.165, 1.54) is 0 Å². The Bertz CT molecular complexity index is 814. The fourth-order valence-corrected chi connectivity index (χ4v) is 2.63. The molecular formula is C15H11Cl3N2O. The summed E-state index contributed by atoms with van der Waals surface area (Å²) in [6.07, 6.45) is 3.87. The lowest BCUT2D eigenvalue weighted by molar-refractivity contribution is 0.302. The van der Waals surface area contributed by atoms with Crippen LogP contribution in [0.5, 0.6) is 5.75 Å². The number of halogens is 3. The highest BCUT2D eigenvalue weighted by Gasteiger charge is 2.09. The van der Waals surface area contributed by atoms with E-state index in [0.29, 0.717) is 27.4 Å². The van der Waals surface area contributed by atoms with Crippen molar-refractivity contribution in [2.75, 3.05) is 0 Å². The van der Waals surface area contributed by atoms with Crippen LogP contribution in [-0.4, -0.2) is 9.38 Å². The Labute approximate surface area is 137 Å². The summed E-state index contributed by atoms with van der Waals surface area (Å²) in [4.78, 5) is 4.53. The molecule has 0 spiro atoms. The number of hydrogen-bond donors (Lipinski definition) is 0. The quantitative estimate of drug-likeness (QED) is 0.613. The molecule has 0 N–H and O–H groups in total. The minimum Gasteiger partial charge on any atom is -0.486 e. The molecular weight excluding hydrogens is 331 g/mol. The highest BCUT2D eigenvalue weighted by atomic mass is 35.5. The third-order valence-corrected chi connectivity index (χ3v) is 4.10. The van der Waals surface area contributed by atoms with Gasteiger partial charge in [-0.25, -0.2) is 4.98 Å². The van der Waals surface area contributed by atoms with Crippen molar-refractivity contribution < 1.29 is 4.74 Å². The standard InChI is InChI=1S/C15H11Cl3N2O/c1-9-3-2-4-20-7-10(19-15(9)20)8-21-14-6-12(17)11(16)5-13(14)18/h2-7H,8H2,1H3. The third-order valence-electron chi connectivity index (χ3n) is 3.08. The smallest absolute Gasteiger partial charge is 0.140 e. The fourth-order valence-electron chi connectivity index (χ4n) is 2.04. The van der Waals surface area contributed by atoms with Crippen LogP contribution in [0.15, 0.2) is 36.7 Å². The zero-order valence-electron chi connectivity index (χ0n) is 11.1. The Morgan fingerprint density at radius 3 is 2.67 bits per heavy atom. The predicted octanol–water partition coefficient (Wildman–Crippen LogP) is 5.18. The van der Waals surface area contributed by atoms with Crippen molar-refractivity contribution in [2.45, 2.75) is 13.5 Å². The second kappa shape index (κ2) is 5.76. The van der Waals surface area contributed by atoms with Crippen LogP contribution >= 0.6 is 34.8 Å². The molecule has 0 unspecified atom stereocenters. The van der Waals surface area contributed by atoms with E-state index in [1.54, 1.807) is 12.1 Å². The summed E-state index contributed by atoms with van der Waals surface area (Å²) in [6, 6.07) is 7.16. The number of hydrogen-bond acceptors (Lipinski definition) is 2. The van der Waals surface area contributed by atoms with Gasteiger partial charge in [0.05, 0.1) is 20.8 Å². The zero-order chi connectivity index (χ0) is 15.0. The molecule has 6 heteroatoms. The van der Waals surface area contributed by atoms with Gasteiger partial charge in [-0.1, -0.05) is 40.9 Å². The van der Waals surface area contributed by atoms with Crippen LogP contribution in [-0.2, 0) is 6.61 Å². The maximum absolute atomic E-state index is 6.08. The van der Waals surface area contributed by atoms with E-state index in [9.17, 15) is 0 Å². The first kappa shape index (κ1) is 14.5. The summed E-state index contributed by atoms with van der Waals surface area (Å²) in [5, 5.41) is 1.23. The van der Waals surface area contributed by atoms with E-state index in [-0.39, 0.29) is 0 Å². The van der Waals surface area contributed by atoms with Crippen molar-refractivity contribution in [1.29, 1.82) is 0 Å². The second-order valence-electron chi connectivity index (χ2n) is 4.64. The molecule has 0 fully saturated rings. The van der Waals surface area contributed by atoms with Crippen molar-refractivity contribution in [2.24, 2.45) is 0 Å². The number of nitrogens with zero attached hydrogens (tertiary/aromatic N) is 2. The number of ether oxygens (including phenoxy) is 1. The number of imidazole rings is 1. The first-order valence-corrected chi connectivity index (χ1v) is 7.38. The molecule has 0 aliphatic carbocycles. The van der Waals surface area contributed by atoms with Gasteiger partial charge in [0.25, 0.3) is 0 Å². The third kappa shape index (κ3) is 2.95. The van der Waals surface area contributed by atoms with Crippen molar-refractivity contribution in [1.82, 2.24) is 9.38 Å². The highest BCUT2D eigenvalue weighted by Crippen LogP contribution is 2.34. The molecule has 0 aliphatic rings. The molecule has 0 saturated carbocycles. The molecule has 0 radical (unpaired) electrons. The van der Waals surface area contributed by atoms with E-state index in [2.05, 4.69) is 4.98 Å². The van der Waals surface area contributed by atoms with Crippen LogP contribution in [0.3, 0.4) is 0 Å². The number of aryl methyl sites for hydroxylation is 1. The van der Waals surface area contributed by atoms with Crippen LogP contribution in [0, 0.1) is 6.92 Å². The van der Waals surface area contributed by atoms with Crippen LogP contribution in [0.1, 0.15) is 11.3 Å². The Morgan fingerprint density at radius 2 is 1.90 bits per heavy atom. The Morgan fingerprint density at radius 1 is 1.14 bits per heavy atom. The van der Waals surface area contributed by atoms with E-state index < -0.39 is 0 Å². The summed E-state index contributed by atoms with van der Waals surface area (Å²) < 4.78 is 7.64. The maximum atomic E-state index is 6.08. The van der Waals surface area contributed by atoms with Crippen LogP contribution in [0.2, 0.25) is 15.1 Å². The molecule has 2 heterocycles. The molecule has 21 heavy (non-hydrogen) atoms. The van der Waals surface area contributed by atoms with E-state index in [1.807, 2.05) is 35.9 Å². The van der Waals surface area contributed by atoms with Crippen LogP contribution < -0.4 is 4.74 Å². The highest BCUT2D eigenvalue weighted by molar-refractivity contribution is 6.43. The number of benzene rings is 1. The topological polar surface area (TPSA) is 26.5 Å². The molecule has 2 aromatic heterocycles. The lowest BCUT2D eigenvalue weighted by Crippen LogP contribution is -1.96. The van der Waals surface area contributed by atoms with Crippen molar-refractivity contribution in [3.63, 3.8) is 0 Å². The molecule has 0 amide bonds. The second-order valence-corrected chi connectivity index (χ2v) is 5.86. The van der Waals surface area contributed by atoms with Crippen molar-refractivity contribution in [3.05, 3.63) is 63.0 Å². The number of aromatic nitrogens is 2. The SMILES string of the molecule is Cc1cccn2cc(COc3cc(Cl)c(Cl)cc3Cl)nc12. The van der Waals surface area contributed by atoms with Crippen molar-refractivity contribution in [3.8, 4) is 5.75 Å². The summed E-state index contributed by atoms with van der Waals surface area (Å²) in [5.74, 6) is 0.486. The Hall–Kier alpha value is -1.42. The molecule has 0 aliphatic heterocycles. The monoisotopic (exact) mass is 340 g/mol. The lowest BCUT2D eigenvalue weighted by Gasteiger charge is -2.07. The predicted molar refractivity (Wildman–Crippen MR) is 85.7 cm³/mol. The van der Waals surface area contributed by atoms with Gasteiger partial charge < -0.3 is 9.14 Å². The summed E-state index contributed by atoms with van der Waals surface area (Å²) >= 11 is 17.9. The maximum Gasteiger partial charge on any atom is 0.140 e. The summed E-state index contributed by atoms with van der Waals surface area (Å²) in [5.41, 5.74) is 2.83. The van der Waals surface area contributed by atoms with Crippen LogP contribution in [0.25, 0.3) is 5.65 Å². The average Bonchev–Trinajstić information content (AvgIpc) is 2.86. The Balaban J connectivity index is 1.83. The van der Waals surface area contributed by atoms with E-state index >= 15 is 0 Å². The lowest BCUT2D eigenvalue weighted by atomic mass is 10.3. The van der Waals surface area contributed by atoms with Gasteiger partial charge in [-0.2, -0.15) is 0 Å². The van der Waals surface area contributed by atoms with Gasteiger partial charge >= 0.3 is 0 Å². The largest absolute Gasteiger partial charge is 0.486 e. The number of pyridine rings is 1. The number of rotatable bonds is 3. The molecule has 3 rings (SSSR count). The minimum absolute atomic E-state index is 0.304. The van der Waals surface area contributed by atoms with E-state index in [4.69, 9.17) is 39.5 Å². The van der Waals surface area contributed by atoms with Crippen molar-refractivity contribution >= 4 is 40.4 Å². The fraction of sp³-hybridized carbons (Fsp3) is 0.133. The first-order valence-electron chi connectivity index (χ1n) is 6.25. The molecule has 3 aromatic rings. The summed E-state index contributed by atoms with van der Waals surface area (Å²) in [6.45, 7) is 2.32. The minimum atomic E-state index is 0.304. The van der Waals surface area contributed by atoms with Gasteiger partial charge in [-0.3, -0.25) is 0 Å². The zero-order valence-corrected chi connectivity index (χ0v) is 13.4. The Kier molecular flexibility index (Phi) is 3.98. The van der Waals surface area contributed by atoms with Gasteiger partial charge in [0, 0.05) is 18.5 Å². The molecule has 0 saturated heterocycles. The first-order chi connectivity index (χ1) is 10.0. The van der Waals surface area contributed by atoms with Gasteiger partial charge in [0.15, 0.2) is 0 Å². The molecule has 1 aromatic carbocycles. The van der Waals surface area contributed by atoms with Crippen LogP contribution in [0.4, 0.5) is 0 Å². The molecule has 108 valence electrons. The average molecular weight is 342 g/mol. The van der Waals surface area contributed by atoms with E-state index in [0.717, 1.165) is 16.9 Å². The normalized spacial score (nSPS) is 11.0. The van der Waals surface area contributed by atoms with Gasteiger partial charge in [0.2, 0.25) is 0 Å². The summed E-state index contributed by atoms with van der Waals surface area (Å²) in [7, 11) is 0. The molecule has 0 atom stereocenters. The van der Waals surface area contributed by atoms with Gasteiger partial charge in [-0.05, 0) is 24.6 Å². The van der Waals surface area contributed by atoms with Gasteiger partial charge in [-0.15, -0.1) is 0 Å². The number of fused-ring (bicyclic) bond motifs is 1. The van der Waals surface area contributed by atoms with Gasteiger partial charge in [0.1, 0.15) is 18.0 Å². The molecule has 3 nitrogen and oxygen atoms in total.